The maximum atomic E-state index is 11.6. The number of benzene rings is 1. The van der Waals surface area contributed by atoms with E-state index in [0.29, 0.717) is 11.4 Å². The number of amides is 3. The van der Waals surface area contributed by atoms with Crippen molar-refractivity contribution >= 4 is 29.3 Å². The van der Waals surface area contributed by atoms with E-state index in [9.17, 15) is 9.59 Å². The van der Waals surface area contributed by atoms with E-state index in [4.69, 9.17) is 0 Å². The van der Waals surface area contributed by atoms with Crippen LogP contribution < -0.4 is 16.0 Å². The van der Waals surface area contributed by atoms with Crippen molar-refractivity contribution in [3.63, 3.8) is 0 Å². The number of aromatic amines is 1. The molecule has 0 saturated carbocycles. The molecule has 3 amide bonds. The van der Waals surface area contributed by atoms with Crippen LogP contribution in [0.5, 0.6) is 0 Å². The number of nitrogens with zero attached hydrogens (tertiary/aromatic N) is 2. The summed E-state index contributed by atoms with van der Waals surface area (Å²) in [4.78, 5) is 26.3. The van der Waals surface area contributed by atoms with E-state index in [2.05, 4.69) is 31.1 Å². The average Bonchev–Trinajstić information content (AvgIpc) is 2.81. The molecule has 0 unspecified atom stereocenters. The minimum Gasteiger partial charge on any atom is -0.326 e. The summed E-state index contributed by atoms with van der Waals surface area (Å²) in [6, 6.07) is 6.32. The van der Waals surface area contributed by atoms with Crippen molar-refractivity contribution in [3.8, 4) is 0 Å². The molecule has 0 aliphatic heterocycles. The SMILES string of the molecule is CC(=O)Nc1cccc(NC(=O)Nc2ncn[nH]2)c1. The third-order valence-electron chi connectivity index (χ3n) is 2.09. The molecule has 0 atom stereocenters. The van der Waals surface area contributed by atoms with Crippen LogP contribution in [-0.4, -0.2) is 27.1 Å². The predicted octanol–water partition coefficient (Wildman–Crippen LogP) is 1.41. The number of H-pyrrole nitrogens is 1. The molecule has 2 aromatic rings. The Bertz CT molecular complexity index is 581. The molecule has 0 spiro atoms. The Labute approximate surface area is 108 Å². The van der Waals surface area contributed by atoms with Crippen molar-refractivity contribution in [2.45, 2.75) is 6.92 Å². The van der Waals surface area contributed by atoms with Gasteiger partial charge in [0.2, 0.25) is 11.9 Å². The van der Waals surface area contributed by atoms with Gasteiger partial charge in [-0.05, 0) is 18.2 Å². The first-order chi connectivity index (χ1) is 9.13. The molecule has 8 heteroatoms. The highest BCUT2D eigenvalue weighted by Gasteiger charge is 2.05. The normalized spacial score (nSPS) is 9.74. The van der Waals surface area contributed by atoms with Crippen LogP contribution in [0.25, 0.3) is 0 Å². The molecule has 4 N–H and O–H groups in total. The first-order valence-corrected chi connectivity index (χ1v) is 5.44. The largest absolute Gasteiger partial charge is 0.326 e. The van der Waals surface area contributed by atoms with E-state index in [1.165, 1.54) is 13.3 Å². The summed E-state index contributed by atoms with van der Waals surface area (Å²) < 4.78 is 0. The van der Waals surface area contributed by atoms with Gasteiger partial charge < -0.3 is 10.6 Å². The summed E-state index contributed by atoms with van der Waals surface area (Å²) in [7, 11) is 0. The molecule has 0 bridgehead atoms. The maximum Gasteiger partial charge on any atom is 0.326 e. The molecule has 2 rings (SSSR count). The van der Waals surface area contributed by atoms with Crippen molar-refractivity contribution in [2.75, 3.05) is 16.0 Å². The Balaban J connectivity index is 1.98. The van der Waals surface area contributed by atoms with Gasteiger partial charge >= 0.3 is 6.03 Å². The lowest BCUT2D eigenvalue weighted by atomic mass is 10.3. The Kier molecular flexibility index (Phi) is 3.72. The zero-order valence-corrected chi connectivity index (χ0v) is 10.1. The second kappa shape index (κ2) is 5.63. The number of nitrogens with one attached hydrogen (secondary N) is 4. The van der Waals surface area contributed by atoms with Crippen molar-refractivity contribution in [1.29, 1.82) is 0 Å². The van der Waals surface area contributed by atoms with Gasteiger partial charge in [0.25, 0.3) is 0 Å². The number of hydrogen-bond acceptors (Lipinski definition) is 4. The van der Waals surface area contributed by atoms with Crippen molar-refractivity contribution in [1.82, 2.24) is 15.2 Å². The van der Waals surface area contributed by atoms with Gasteiger partial charge in [-0.25, -0.2) is 9.89 Å². The molecule has 0 aliphatic rings. The Morgan fingerprint density at radius 2 is 1.89 bits per heavy atom. The van der Waals surface area contributed by atoms with Crippen molar-refractivity contribution in [3.05, 3.63) is 30.6 Å². The zero-order valence-electron chi connectivity index (χ0n) is 10.1. The quantitative estimate of drug-likeness (QED) is 0.668. The van der Waals surface area contributed by atoms with Gasteiger partial charge in [-0.15, -0.1) is 0 Å². The number of hydrogen-bond donors (Lipinski definition) is 4. The number of anilines is 3. The van der Waals surface area contributed by atoms with E-state index >= 15 is 0 Å². The third kappa shape index (κ3) is 3.80. The van der Waals surface area contributed by atoms with Crippen molar-refractivity contribution < 1.29 is 9.59 Å². The van der Waals surface area contributed by atoms with Gasteiger partial charge in [0, 0.05) is 18.3 Å². The summed E-state index contributed by atoms with van der Waals surface area (Å²) in [6.07, 6.45) is 1.28. The third-order valence-corrected chi connectivity index (χ3v) is 2.09. The fourth-order valence-corrected chi connectivity index (χ4v) is 1.41. The summed E-state index contributed by atoms with van der Waals surface area (Å²) >= 11 is 0. The standard InChI is InChI=1S/C11H12N6O2/c1-7(18)14-8-3-2-4-9(5-8)15-11(19)16-10-12-6-13-17-10/h2-6H,1H3,(H,14,18)(H3,12,13,15,16,17,19). The second-order valence-corrected chi connectivity index (χ2v) is 3.68. The second-order valence-electron chi connectivity index (χ2n) is 3.68. The molecule has 0 aliphatic carbocycles. The van der Waals surface area contributed by atoms with Crippen molar-refractivity contribution in [2.24, 2.45) is 0 Å². The highest BCUT2D eigenvalue weighted by Crippen LogP contribution is 2.15. The topological polar surface area (TPSA) is 112 Å². The van der Waals surface area contributed by atoms with Crippen LogP contribution in [0, 0.1) is 0 Å². The molecule has 19 heavy (non-hydrogen) atoms. The smallest absolute Gasteiger partial charge is 0.326 e. The van der Waals surface area contributed by atoms with Crippen LogP contribution in [0.3, 0.4) is 0 Å². The van der Waals surface area contributed by atoms with Crippen LogP contribution in [0.2, 0.25) is 0 Å². The Hall–Kier alpha value is -2.90. The predicted molar refractivity (Wildman–Crippen MR) is 69.8 cm³/mol. The lowest BCUT2D eigenvalue weighted by Crippen LogP contribution is -2.20. The van der Waals surface area contributed by atoms with E-state index in [1.807, 2.05) is 0 Å². The first-order valence-electron chi connectivity index (χ1n) is 5.44. The first kappa shape index (κ1) is 12.6. The molecule has 0 radical (unpaired) electrons. The maximum absolute atomic E-state index is 11.6. The Morgan fingerprint density at radius 3 is 2.53 bits per heavy atom. The van der Waals surface area contributed by atoms with Crippen LogP contribution in [-0.2, 0) is 4.79 Å². The van der Waals surface area contributed by atoms with Gasteiger partial charge in [-0.3, -0.25) is 10.1 Å². The van der Waals surface area contributed by atoms with Gasteiger partial charge in [-0.2, -0.15) is 10.1 Å². The molecule has 1 aromatic heterocycles. The minimum absolute atomic E-state index is 0.178. The van der Waals surface area contributed by atoms with E-state index in [1.54, 1.807) is 24.3 Å². The fourth-order valence-electron chi connectivity index (χ4n) is 1.41. The average molecular weight is 260 g/mol. The number of carbonyl (C=O) groups excluding carboxylic acids is 2. The fraction of sp³-hybridized carbons (Fsp3) is 0.0909. The summed E-state index contributed by atoms with van der Waals surface area (Å²) in [5, 5.41) is 13.8. The van der Waals surface area contributed by atoms with Gasteiger partial charge in [0.1, 0.15) is 6.33 Å². The number of rotatable bonds is 3. The van der Waals surface area contributed by atoms with Gasteiger partial charge in [0.05, 0.1) is 0 Å². The van der Waals surface area contributed by atoms with E-state index in [-0.39, 0.29) is 11.9 Å². The molecule has 0 fully saturated rings. The van der Waals surface area contributed by atoms with Crippen LogP contribution in [0.15, 0.2) is 30.6 Å². The highest BCUT2D eigenvalue weighted by molar-refractivity contribution is 5.99. The van der Waals surface area contributed by atoms with Gasteiger partial charge in [0.15, 0.2) is 0 Å². The van der Waals surface area contributed by atoms with E-state index < -0.39 is 6.03 Å². The summed E-state index contributed by atoms with van der Waals surface area (Å²) in [5.41, 5.74) is 1.15. The molecule has 8 nitrogen and oxygen atoms in total. The van der Waals surface area contributed by atoms with Crippen LogP contribution in [0.4, 0.5) is 22.1 Å². The van der Waals surface area contributed by atoms with Crippen LogP contribution >= 0.6 is 0 Å². The summed E-state index contributed by atoms with van der Waals surface area (Å²) in [5.74, 6) is 0.0683. The highest BCUT2D eigenvalue weighted by atomic mass is 16.2. The number of aromatic nitrogens is 3. The summed E-state index contributed by atoms with van der Waals surface area (Å²) in [6.45, 7) is 1.41. The van der Waals surface area contributed by atoms with Gasteiger partial charge in [-0.1, -0.05) is 6.07 Å². The number of urea groups is 1. The molecule has 1 aromatic carbocycles. The molecular formula is C11H12N6O2. The molecule has 98 valence electrons. The molecule has 0 saturated heterocycles. The monoisotopic (exact) mass is 260 g/mol. The lowest BCUT2D eigenvalue weighted by Gasteiger charge is -2.07. The minimum atomic E-state index is -0.461. The molecule has 1 heterocycles. The van der Waals surface area contributed by atoms with Crippen LogP contribution in [0.1, 0.15) is 6.92 Å². The lowest BCUT2D eigenvalue weighted by molar-refractivity contribution is -0.114. The number of carbonyl (C=O) groups is 2. The Morgan fingerprint density at radius 1 is 1.16 bits per heavy atom. The zero-order chi connectivity index (χ0) is 13.7. The van der Waals surface area contributed by atoms with E-state index in [0.717, 1.165) is 0 Å². The molecular weight excluding hydrogens is 248 g/mol.